The molecular weight excluding hydrogens is 228 g/mol. The van der Waals surface area contributed by atoms with Crippen LogP contribution in [0, 0.1) is 0 Å². The highest BCUT2D eigenvalue weighted by atomic mass is 16.2. The molecule has 0 spiro atoms. The first-order valence-corrected chi connectivity index (χ1v) is 6.42. The summed E-state index contributed by atoms with van der Waals surface area (Å²) in [5, 5.41) is 2.98. The van der Waals surface area contributed by atoms with Crippen LogP contribution in [0.4, 0.5) is 0 Å². The van der Waals surface area contributed by atoms with E-state index in [1.807, 2.05) is 6.08 Å². The lowest BCUT2D eigenvalue weighted by molar-refractivity contribution is -0.125. The molecule has 1 aromatic rings. The van der Waals surface area contributed by atoms with E-state index >= 15 is 0 Å². The molecule has 1 amide bonds. The molecule has 1 aliphatic rings. The van der Waals surface area contributed by atoms with Crippen LogP contribution in [0.5, 0.6) is 0 Å². The number of nitrogens with one attached hydrogen (secondary N) is 2. The maximum Gasteiger partial charge on any atom is 0.237 e. The molecule has 1 aliphatic heterocycles. The molecule has 1 fully saturated rings. The summed E-state index contributed by atoms with van der Waals surface area (Å²) in [7, 11) is 0. The van der Waals surface area contributed by atoms with Gasteiger partial charge in [-0.3, -0.25) is 9.69 Å². The van der Waals surface area contributed by atoms with Crippen molar-refractivity contribution in [3.63, 3.8) is 0 Å². The standard InChI is InChI=1S/C13H20N4O/c1-2-9-17-10-3-4-11(17)13(18)16-6-5-12-14-7-8-15-12/h2,7-8,11H,1,3-6,9-10H2,(H,14,15)(H,16,18)/t11-/m0/s1. The number of aromatic amines is 1. The Morgan fingerprint density at radius 1 is 1.72 bits per heavy atom. The highest BCUT2D eigenvalue weighted by molar-refractivity contribution is 5.82. The number of hydrogen-bond acceptors (Lipinski definition) is 3. The second-order valence-corrected chi connectivity index (χ2v) is 4.52. The average molecular weight is 248 g/mol. The van der Waals surface area contributed by atoms with Crippen molar-refractivity contribution in [2.24, 2.45) is 0 Å². The highest BCUT2D eigenvalue weighted by Crippen LogP contribution is 2.16. The average Bonchev–Trinajstić information content (AvgIpc) is 3.00. The van der Waals surface area contributed by atoms with Crippen molar-refractivity contribution in [2.45, 2.75) is 25.3 Å². The minimum Gasteiger partial charge on any atom is -0.354 e. The highest BCUT2D eigenvalue weighted by Gasteiger charge is 2.29. The van der Waals surface area contributed by atoms with Crippen LogP contribution in [0.15, 0.2) is 25.0 Å². The fraction of sp³-hybridized carbons (Fsp3) is 0.538. The molecule has 0 radical (unpaired) electrons. The SMILES string of the molecule is C=CCN1CCC[C@H]1C(=O)NCCc1ncc[nH]1. The first kappa shape index (κ1) is 12.8. The van der Waals surface area contributed by atoms with Gasteiger partial charge in [0.15, 0.2) is 0 Å². The predicted octanol–water partition coefficient (Wildman–Crippen LogP) is 0.719. The summed E-state index contributed by atoms with van der Waals surface area (Å²) in [6, 6.07) is 0.0135. The van der Waals surface area contributed by atoms with Crippen LogP contribution in [0.25, 0.3) is 0 Å². The van der Waals surface area contributed by atoms with Gasteiger partial charge in [-0.2, -0.15) is 0 Å². The lowest BCUT2D eigenvalue weighted by Crippen LogP contribution is -2.43. The van der Waals surface area contributed by atoms with Gasteiger partial charge in [-0.25, -0.2) is 4.98 Å². The van der Waals surface area contributed by atoms with Gasteiger partial charge in [0.1, 0.15) is 5.82 Å². The van der Waals surface area contributed by atoms with E-state index in [-0.39, 0.29) is 11.9 Å². The number of nitrogens with zero attached hydrogens (tertiary/aromatic N) is 2. The molecule has 18 heavy (non-hydrogen) atoms. The second kappa shape index (κ2) is 6.35. The van der Waals surface area contributed by atoms with E-state index in [1.54, 1.807) is 12.4 Å². The van der Waals surface area contributed by atoms with Gasteiger partial charge in [-0.15, -0.1) is 6.58 Å². The quantitative estimate of drug-likeness (QED) is 0.729. The van der Waals surface area contributed by atoms with Crippen LogP contribution in [-0.2, 0) is 11.2 Å². The smallest absolute Gasteiger partial charge is 0.237 e. The summed E-state index contributed by atoms with van der Waals surface area (Å²) < 4.78 is 0. The van der Waals surface area contributed by atoms with Crippen molar-refractivity contribution in [2.75, 3.05) is 19.6 Å². The molecule has 5 nitrogen and oxygen atoms in total. The molecule has 0 unspecified atom stereocenters. The van der Waals surface area contributed by atoms with Crippen LogP contribution in [0.3, 0.4) is 0 Å². The third-order valence-corrected chi connectivity index (χ3v) is 3.25. The summed E-state index contributed by atoms with van der Waals surface area (Å²) in [5.41, 5.74) is 0. The predicted molar refractivity (Wildman–Crippen MR) is 70.1 cm³/mol. The third-order valence-electron chi connectivity index (χ3n) is 3.25. The number of aromatic nitrogens is 2. The molecule has 0 aromatic carbocycles. The van der Waals surface area contributed by atoms with E-state index in [9.17, 15) is 4.79 Å². The summed E-state index contributed by atoms with van der Waals surface area (Å²) in [4.78, 5) is 21.4. The molecule has 98 valence electrons. The molecule has 1 aromatic heterocycles. The number of rotatable bonds is 6. The minimum atomic E-state index is 0.0135. The lowest BCUT2D eigenvalue weighted by atomic mass is 10.2. The van der Waals surface area contributed by atoms with Crippen LogP contribution < -0.4 is 5.32 Å². The summed E-state index contributed by atoms with van der Waals surface area (Å²) >= 11 is 0. The number of carbonyl (C=O) groups excluding carboxylic acids is 1. The van der Waals surface area contributed by atoms with Crippen LogP contribution in [0.2, 0.25) is 0 Å². The molecular formula is C13H20N4O. The van der Waals surface area contributed by atoms with Crippen molar-refractivity contribution in [1.29, 1.82) is 0 Å². The maximum atomic E-state index is 12.0. The van der Waals surface area contributed by atoms with Gasteiger partial charge < -0.3 is 10.3 Å². The lowest BCUT2D eigenvalue weighted by Gasteiger charge is -2.21. The summed E-state index contributed by atoms with van der Waals surface area (Å²) in [5.74, 6) is 1.03. The summed E-state index contributed by atoms with van der Waals surface area (Å²) in [6.45, 7) is 6.13. The van der Waals surface area contributed by atoms with Gasteiger partial charge in [-0.1, -0.05) is 6.08 Å². The van der Waals surface area contributed by atoms with Crippen molar-refractivity contribution >= 4 is 5.91 Å². The molecule has 0 aliphatic carbocycles. The van der Waals surface area contributed by atoms with Crippen LogP contribution >= 0.6 is 0 Å². The van der Waals surface area contributed by atoms with Crippen molar-refractivity contribution in [1.82, 2.24) is 20.2 Å². The van der Waals surface area contributed by atoms with E-state index in [2.05, 4.69) is 26.8 Å². The van der Waals surface area contributed by atoms with Crippen molar-refractivity contribution in [3.05, 3.63) is 30.9 Å². The van der Waals surface area contributed by atoms with Crippen molar-refractivity contribution in [3.8, 4) is 0 Å². The number of imidazole rings is 1. The van der Waals surface area contributed by atoms with E-state index < -0.39 is 0 Å². The monoisotopic (exact) mass is 248 g/mol. The molecule has 2 heterocycles. The maximum absolute atomic E-state index is 12.0. The van der Waals surface area contributed by atoms with E-state index in [0.717, 1.165) is 38.2 Å². The Bertz CT molecular complexity index is 388. The third kappa shape index (κ3) is 3.20. The minimum absolute atomic E-state index is 0.0135. The number of likely N-dealkylation sites (tertiary alicyclic amines) is 1. The summed E-state index contributed by atoms with van der Waals surface area (Å²) in [6.07, 6.45) is 8.14. The van der Waals surface area contributed by atoms with Gasteiger partial charge in [-0.05, 0) is 19.4 Å². The molecule has 2 rings (SSSR count). The van der Waals surface area contributed by atoms with Gasteiger partial charge in [0.05, 0.1) is 6.04 Å². The molecule has 0 saturated carbocycles. The number of hydrogen-bond donors (Lipinski definition) is 2. The Kier molecular flexibility index (Phi) is 4.52. The normalized spacial score (nSPS) is 19.9. The zero-order valence-electron chi connectivity index (χ0n) is 10.6. The fourth-order valence-corrected chi connectivity index (χ4v) is 2.36. The van der Waals surface area contributed by atoms with Crippen LogP contribution in [0.1, 0.15) is 18.7 Å². The molecule has 1 saturated heterocycles. The molecule has 2 N–H and O–H groups in total. The Morgan fingerprint density at radius 2 is 2.61 bits per heavy atom. The van der Waals surface area contributed by atoms with E-state index in [4.69, 9.17) is 0 Å². The number of H-pyrrole nitrogens is 1. The van der Waals surface area contributed by atoms with Gasteiger partial charge >= 0.3 is 0 Å². The van der Waals surface area contributed by atoms with E-state index in [0.29, 0.717) is 6.54 Å². The first-order valence-electron chi connectivity index (χ1n) is 6.42. The molecule has 1 atom stereocenters. The Labute approximate surface area is 107 Å². The van der Waals surface area contributed by atoms with Crippen molar-refractivity contribution < 1.29 is 4.79 Å². The van der Waals surface area contributed by atoms with E-state index in [1.165, 1.54) is 0 Å². The zero-order valence-corrected chi connectivity index (χ0v) is 10.6. The first-order chi connectivity index (χ1) is 8.81. The molecule has 0 bridgehead atoms. The Hall–Kier alpha value is -1.62. The van der Waals surface area contributed by atoms with Crippen LogP contribution in [-0.4, -0.2) is 46.5 Å². The van der Waals surface area contributed by atoms with Gasteiger partial charge in [0.2, 0.25) is 5.91 Å². The zero-order chi connectivity index (χ0) is 12.8. The largest absolute Gasteiger partial charge is 0.354 e. The Morgan fingerprint density at radius 3 is 3.33 bits per heavy atom. The number of carbonyl (C=O) groups is 1. The fourth-order valence-electron chi connectivity index (χ4n) is 2.36. The Balaban J connectivity index is 1.75. The second-order valence-electron chi connectivity index (χ2n) is 4.52. The van der Waals surface area contributed by atoms with Gasteiger partial charge in [0.25, 0.3) is 0 Å². The van der Waals surface area contributed by atoms with Gasteiger partial charge in [0, 0.05) is 31.9 Å². The molecule has 5 heteroatoms. The number of amides is 1. The topological polar surface area (TPSA) is 61.0 Å².